The van der Waals surface area contributed by atoms with Crippen LogP contribution in [0.3, 0.4) is 0 Å². The van der Waals surface area contributed by atoms with Crippen LogP contribution >= 0.6 is 15.9 Å². The average Bonchev–Trinajstić information content (AvgIpc) is 2.49. The summed E-state index contributed by atoms with van der Waals surface area (Å²) >= 11 is 3.41. The summed E-state index contributed by atoms with van der Waals surface area (Å²) in [4.78, 5) is 15.3. The molecule has 1 aromatic carbocycles. The number of hydrogen-bond donors (Lipinski definition) is 2. The molecule has 0 amide bonds. The van der Waals surface area contributed by atoms with Crippen molar-refractivity contribution < 1.29 is 9.90 Å². The summed E-state index contributed by atoms with van der Waals surface area (Å²) in [5, 5.41) is 12.3. The Morgan fingerprint density at radius 3 is 2.76 bits per heavy atom. The number of carbonyl (C=O) groups is 1. The molecule has 0 saturated heterocycles. The number of nitrogens with one attached hydrogen (secondary N) is 1. The molecule has 0 aliphatic rings. The second-order valence-corrected chi connectivity index (χ2v) is 5.53. The highest BCUT2D eigenvalue weighted by molar-refractivity contribution is 9.10. The van der Waals surface area contributed by atoms with E-state index in [4.69, 9.17) is 5.11 Å². The van der Waals surface area contributed by atoms with Crippen molar-refractivity contribution in [2.75, 3.05) is 0 Å². The fourth-order valence-corrected chi connectivity index (χ4v) is 2.61. The van der Waals surface area contributed by atoms with Gasteiger partial charge in [0.25, 0.3) is 0 Å². The van der Waals surface area contributed by atoms with Gasteiger partial charge in [0.1, 0.15) is 0 Å². The zero-order valence-corrected chi connectivity index (χ0v) is 13.4. The second-order valence-electron chi connectivity index (χ2n) is 4.68. The molecule has 0 spiro atoms. The lowest BCUT2D eigenvalue weighted by Gasteiger charge is -2.10. The maximum absolute atomic E-state index is 10.9. The van der Waals surface area contributed by atoms with Crippen LogP contribution in [0, 0.1) is 0 Å². The number of carboxylic acid groups (broad SMARTS) is 1. The van der Waals surface area contributed by atoms with Crippen molar-refractivity contribution in [3.63, 3.8) is 0 Å². The standard InChI is InChI=1S/C16H17BrN2O2/c1-2-11-4-3-7-19-15(11)10-18-9-13-6-5-12(16(20)21)8-14(13)17/h3-8,18H,2,9-10H2,1H3,(H,20,21). The largest absolute Gasteiger partial charge is 0.478 e. The number of nitrogens with zero attached hydrogens (tertiary/aromatic N) is 1. The van der Waals surface area contributed by atoms with Gasteiger partial charge in [-0.25, -0.2) is 4.79 Å². The number of carboxylic acids is 1. The van der Waals surface area contributed by atoms with E-state index < -0.39 is 5.97 Å². The molecule has 2 rings (SSSR count). The Morgan fingerprint density at radius 2 is 2.10 bits per heavy atom. The quantitative estimate of drug-likeness (QED) is 0.839. The van der Waals surface area contributed by atoms with Crippen molar-refractivity contribution in [1.29, 1.82) is 0 Å². The molecule has 4 nitrogen and oxygen atoms in total. The molecule has 0 aliphatic carbocycles. The van der Waals surface area contributed by atoms with Gasteiger partial charge in [0, 0.05) is 23.8 Å². The molecule has 0 fully saturated rings. The lowest BCUT2D eigenvalue weighted by atomic mass is 10.1. The zero-order chi connectivity index (χ0) is 15.2. The molecule has 110 valence electrons. The maximum Gasteiger partial charge on any atom is 0.335 e. The summed E-state index contributed by atoms with van der Waals surface area (Å²) in [7, 11) is 0. The maximum atomic E-state index is 10.9. The molecular formula is C16H17BrN2O2. The summed E-state index contributed by atoms with van der Waals surface area (Å²) in [6.45, 7) is 3.46. The minimum absolute atomic E-state index is 0.281. The first-order valence-corrected chi connectivity index (χ1v) is 7.56. The fraction of sp³-hybridized carbons (Fsp3) is 0.250. The fourth-order valence-electron chi connectivity index (χ4n) is 2.09. The van der Waals surface area contributed by atoms with Crippen molar-refractivity contribution in [3.05, 3.63) is 63.4 Å². The normalized spacial score (nSPS) is 10.6. The Bertz CT molecular complexity index is 644. The minimum Gasteiger partial charge on any atom is -0.478 e. The Labute approximate surface area is 132 Å². The highest BCUT2D eigenvalue weighted by Gasteiger charge is 2.07. The predicted octanol–water partition coefficient (Wildman–Crippen LogP) is 3.39. The van der Waals surface area contributed by atoms with E-state index in [9.17, 15) is 4.79 Å². The van der Waals surface area contributed by atoms with E-state index in [-0.39, 0.29) is 5.56 Å². The van der Waals surface area contributed by atoms with Crippen LogP contribution in [-0.4, -0.2) is 16.1 Å². The number of hydrogen-bond acceptors (Lipinski definition) is 3. The van der Waals surface area contributed by atoms with Crippen molar-refractivity contribution >= 4 is 21.9 Å². The molecule has 0 unspecified atom stereocenters. The molecule has 0 bridgehead atoms. The van der Waals surface area contributed by atoms with Gasteiger partial charge in [-0.15, -0.1) is 0 Å². The van der Waals surface area contributed by atoms with Crippen molar-refractivity contribution in [2.24, 2.45) is 0 Å². The Morgan fingerprint density at radius 1 is 1.29 bits per heavy atom. The van der Waals surface area contributed by atoms with Crippen LogP contribution < -0.4 is 5.32 Å². The molecule has 0 radical (unpaired) electrons. The summed E-state index contributed by atoms with van der Waals surface area (Å²) in [6, 6.07) is 9.09. The molecule has 1 heterocycles. The molecule has 2 aromatic rings. The first-order chi connectivity index (χ1) is 10.1. The molecular weight excluding hydrogens is 332 g/mol. The van der Waals surface area contributed by atoms with Gasteiger partial charge in [-0.05, 0) is 35.7 Å². The molecule has 0 saturated carbocycles. The smallest absolute Gasteiger partial charge is 0.335 e. The molecule has 1 aromatic heterocycles. The van der Waals surface area contributed by atoms with Crippen LogP contribution in [0.1, 0.15) is 34.1 Å². The number of aromatic carboxylic acids is 1. The summed E-state index contributed by atoms with van der Waals surface area (Å²) in [5.74, 6) is -0.920. The van der Waals surface area contributed by atoms with Crippen LogP contribution in [0.5, 0.6) is 0 Å². The van der Waals surface area contributed by atoms with E-state index in [1.54, 1.807) is 18.3 Å². The van der Waals surface area contributed by atoms with E-state index in [1.807, 2.05) is 12.1 Å². The Balaban J connectivity index is 1.99. The van der Waals surface area contributed by atoms with E-state index in [0.29, 0.717) is 13.1 Å². The van der Waals surface area contributed by atoms with Gasteiger partial charge in [0.15, 0.2) is 0 Å². The van der Waals surface area contributed by atoms with Crippen molar-refractivity contribution in [2.45, 2.75) is 26.4 Å². The van der Waals surface area contributed by atoms with Gasteiger partial charge in [0.05, 0.1) is 11.3 Å². The van der Waals surface area contributed by atoms with Gasteiger partial charge in [-0.2, -0.15) is 0 Å². The minimum atomic E-state index is -0.920. The lowest BCUT2D eigenvalue weighted by Crippen LogP contribution is -2.15. The van der Waals surface area contributed by atoms with Crippen LogP contribution in [0.25, 0.3) is 0 Å². The third-order valence-electron chi connectivity index (χ3n) is 3.27. The Hall–Kier alpha value is -1.72. The van der Waals surface area contributed by atoms with E-state index in [1.165, 1.54) is 5.56 Å². The summed E-state index contributed by atoms with van der Waals surface area (Å²) in [5.41, 5.74) is 3.60. The SMILES string of the molecule is CCc1cccnc1CNCc1ccc(C(=O)O)cc1Br. The molecule has 0 aliphatic heterocycles. The monoisotopic (exact) mass is 348 g/mol. The molecule has 0 atom stereocenters. The number of aromatic nitrogens is 1. The van der Waals surface area contributed by atoms with Crippen molar-refractivity contribution in [1.82, 2.24) is 10.3 Å². The number of aryl methyl sites for hydroxylation is 1. The van der Waals surface area contributed by atoms with Gasteiger partial charge >= 0.3 is 5.97 Å². The summed E-state index contributed by atoms with van der Waals surface area (Å²) < 4.78 is 0.798. The van der Waals surface area contributed by atoms with Crippen LogP contribution in [0.4, 0.5) is 0 Å². The third-order valence-corrected chi connectivity index (χ3v) is 4.01. The van der Waals surface area contributed by atoms with Gasteiger partial charge < -0.3 is 10.4 Å². The number of rotatable bonds is 6. The van der Waals surface area contributed by atoms with Crippen LogP contribution in [0.15, 0.2) is 41.0 Å². The third kappa shape index (κ3) is 4.12. The second kappa shape index (κ2) is 7.33. The van der Waals surface area contributed by atoms with Gasteiger partial charge in [-0.3, -0.25) is 4.98 Å². The highest BCUT2D eigenvalue weighted by Crippen LogP contribution is 2.19. The summed E-state index contributed by atoms with van der Waals surface area (Å²) in [6.07, 6.45) is 2.76. The average molecular weight is 349 g/mol. The number of pyridine rings is 1. The number of benzene rings is 1. The topological polar surface area (TPSA) is 62.2 Å². The van der Waals surface area contributed by atoms with Gasteiger partial charge in [-0.1, -0.05) is 35.0 Å². The van der Waals surface area contributed by atoms with E-state index in [0.717, 1.165) is 22.2 Å². The van der Waals surface area contributed by atoms with Gasteiger partial charge in [0.2, 0.25) is 0 Å². The Kier molecular flexibility index (Phi) is 5.47. The first-order valence-electron chi connectivity index (χ1n) is 6.77. The molecule has 2 N–H and O–H groups in total. The van der Waals surface area contributed by atoms with E-state index >= 15 is 0 Å². The van der Waals surface area contributed by atoms with Crippen molar-refractivity contribution in [3.8, 4) is 0 Å². The molecule has 21 heavy (non-hydrogen) atoms. The first kappa shape index (κ1) is 15.7. The molecule has 5 heteroatoms. The van der Waals surface area contributed by atoms with E-state index in [2.05, 4.69) is 39.2 Å². The highest BCUT2D eigenvalue weighted by atomic mass is 79.9. The lowest BCUT2D eigenvalue weighted by molar-refractivity contribution is 0.0697. The zero-order valence-electron chi connectivity index (χ0n) is 11.8. The number of halogens is 1. The predicted molar refractivity (Wildman–Crippen MR) is 85.3 cm³/mol. The van der Waals surface area contributed by atoms with Crippen LogP contribution in [0.2, 0.25) is 0 Å². The van der Waals surface area contributed by atoms with Crippen LogP contribution in [-0.2, 0) is 19.5 Å².